The third kappa shape index (κ3) is 2.93. The molecule has 0 aliphatic rings. The Balaban J connectivity index is 3.43. The Kier molecular flexibility index (Phi) is 3.54. The van der Waals surface area contributed by atoms with Crippen molar-refractivity contribution in [3.63, 3.8) is 0 Å². The van der Waals surface area contributed by atoms with Crippen LogP contribution in [0.25, 0.3) is 0 Å². The summed E-state index contributed by atoms with van der Waals surface area (Å²) in [5, 5.41) is 0. The molecule has 1 rings (SSSR count). The van der Waals surface area contributed by atoms with E-state index in [4.69, 9.17) is 10.7 Å². The highest BCUT2D eigenvalue weighted by molar-refractivity contribution is 14.1. The van der Waals surface area contributed by atoms with Gasteiger partial charge in [-0.25, -0.2) is 8.42 Å². The third-order valence-corrected chi connectivity index (χ3v) is 3.52. The molecule has 0 heterocycles. The SMILES string of the molecule is CC(=O)c1cc(I)cc(S(=O)(=O)Cl)c1. The lowest BCUT2D eigenvalue weighted by Crippen LogP contribution is -1.98. The first kappa shape index (κ1) is 11.9. The zero-order chi connectivity index (χ0) is 10.9. The van der Waals surface area contributed by atoms with E-state index in [1.165, 1.54) is 19.1 Å². The van der Waals surface area contributed by atoms with Crippen LogP contribution in [0.1, 0.15) is 17.3 Å². The molecule has 0 fully saturated rings. The summed E-state index contributed by atoms with van der Waals surface area (Å²) in [5.74, 6) is -0.190. The van der Waals surface area contributed by atoms with Crippen molar-refractivity contribution >= 4 is 48.1 Å². The zero-order valence-corrected chi connectivity index (χ0v) is 10.9. The molecular weight excluding hydrogens is 339 g/mol. The number of ketones is 1. The first-order valence-electron chi connectivity index (χ1n) is 3.57. The van der Waals surface area contributed by atoms with Gasteiger partial charge in [-0.15, -0.1) is 0 Å². The van der Waals surface area contributed by atoms with Crippen LogP contribution in [0.15, 0.2) is 23.1 Å². The van der Waals surface area contributed by atoms with Crippen molar-refractivity contribution in [2.24, 2.45) is 0 Å². The average Bonchev–Trinajstić information content (AvgIpc) is 2.01. The predicted molar refractivity (Wildman–Crippen MR) is 62.2 cm³/mol. The number of rotatable bonds is 2. The molecule has 0 atom stereocenters. The van der Waals surface area contributed by atoms with Gasteiger partial charge in [-0.3, -0.25) is 4.79 Å². The molecule has 0 spiro atoms. The van der Waals surface area contributed by atoms with Gasteiger partial charge in [-0.05, 0) is 47.7 Å². The molecule has 0 bridgehead atoms. The number of carbonyl (C=O) groups excluding carboxylic acids is 1. The van der Waals surface area contributed by atoms with Gasteiger partial charge in [0.05, 0.1) is 4.90 Å². The van der Waals surface area contributed by atoms with Gasteiger partial charge in [0.15, 0.2) is 5.78 Å². The van der Waals surface area contributed by atoms with Crippen LogP contribution in [-0.2, 0) is 9.05 Å². The molecule has 3 nitrogen and oxygen atoms in total. The minimum Gasteiger partial charge on any atom is -0.295 e. The lowest BCUT2D eigenvalue weighted by Gasteiger charge is -2.01. The Bertz CT molecular complexity index is 481. The maximum Gasteiger partial charge on any atom is 0.261 e. The molecule has 0 saturated heterocycles. The first-order chi connectivity index (χ1) is 6.30. The van der Waals surface area contributed by atoms with Gasteiger partial charge in [0, 0.05) is 19.8 Å². The van der Waals surface area contributed by atoms with Crippen LogP contribution in [0.2, 0.25) is 0 Å². The second-order valence-electron chi connectivity index (χ2n) is 2.67. The van der Waals surface area contributed by atoms with E-state index in [1.54, 1.807) is 6.07 Å². The van der Waals surface area contributed by atoms with Crippen LogP contribution in [0.5, 0.6) is 0 Å². The van der Waals surface area contributed by atoms with Gasteiger partial charge in [-0.2, -0.15) is 0 Å². The summed E-state index contributed by atoms with van der Waals surface area (Å²) in [5.41, 5.74) is 0.344. The Hall–Kier alpha value is -0.140. The molecule has 6 heteroatoms. The monoisotopic (exact) mass is 344 g/mol. The molecule has 0 amide bonds. The Morgan fingerprint density at radius 3 is 2.36 bits per heavy atom. The fraction of sp³-hybridized carbons (Fsp3) is 0.125. The second kappa shape index (κ2) is 4.16. The molecule has 1 aromatic rings. The minimum absolute atomic E-state index is 0.0451. The summed E-state index contributed by atoms with van der Waals surface area (Å²) in [6, 6.07) is 4.29. The molecule has 1 aromatic carbocycles. The number of carbonyl (C=O) groups is 1. The number of hydrogen-bond donors (Lipinski definition) is 0. The van der Waals surface area contributed by atoms with Gasteiger partial charge in [-0.1, -0.05) is 0 Å². The van der Waals surface area contributed by atoms with E-state index in [9.17, 15) is 13.2 Å². The van der Waals surface area contributed by atoms with Gasteiger partial charge < -0.3 is 0 Å². The largest absolute Gasteiger partial charge is 0.295 e. The third-order valence-electron chi connectivity index (χ3n) is 1.56. The van der Waals surface area contributed by atoms with Crippen LogP contribution in [0.3, 0.4) is 0 Å². The van der Waals surface area contributed by atoms with Gasteiger partial charge in [0.2, 0.25) is 0 Å². The van der Waals surface area contributed by atoms with Gasteiger partial charge >= 0.3 is 0 Å². The van der Waals surface area contributed by atoms with E-state index in [1.807, 2.05) is 22.6 Å². The normalized spacial score (nSPS) is 11.4. The van der Waals surface area contributed by atoms with Crippen LogP contribution < -0.4 is 0 Å². The second-order valence-corrected chi connectivity index (χ2v) is 6.48. The van der Waals surface area contributed by atoms with Crippen molar-refractivity contribution in [2.45, 2.75) is 11.8 Å². The van der Waals surface area contributed by atoms with Crippen molar-refractivity contribution in [3.05, 3.63) is 27.3 Å². The zero-order valence-electron chi connectivity index (χ0n) is 7.12. The summed E-state index contributed by atoms with van der Waals surface area (Å²) in [6.45, 7) is 1.37. The molecule has 0 unspecified atom stereocenters. The fourth-order valence-electron chi connectivity index (χ4n) is 0.907. The van der Waals surface area contributed by atoms with Crippen molar-refractivity contribution < 1.29 is 13.2 Å². The molecule has 76 valence electrons. The minimum atomic E-state index is -3.77. The quantitative estimate of drug-likeness (QED) is 0.470. The molecule has 0 N–H and O–H groups in total. The smallest absolute Gasteiger partial charge is 0.261 e. The van der Waals surface area contributed by atoms with Gasteiger partial charge in [0.1, 0.15) is 0 Å². The number of benzene rings is 1. The first-order valence-corrected chi connectivity index (χ1v) is 6.96. The Morgan fingerprint density at radius 1 is 1.36 bits per heavy atom. The van der Waals surface area contributed by atoms with Crippen LogP contribution >= 0.6 is 33.3 Å². The topological polar surface area (TPSA) is 51.2 Å². The van der Waals surface area contributed by atoms with E-state index in [0.717, 1.165) is 0 Å². The summed E-state index contributed by atoms with van der Waals surface area (Å²) in [6.07, 6.45) is 0. The van der Waals surface area contributed by atoms with E-state index < -0.39 is 9.05 Å². The number of hydrogen-bond acceptors (Lipinski definition) is 3. The van der Waals surface area contributed by atoms with Crippen molar-refractivity contribution in [1.82, 2.24) is 0 Å². The molecule has 0 radical (unpaired) electrons. The van der Waals surface area contributed by atoms with E-state index in [2.05, 4.69) is 0 Å². The van der Waals surface area contributed by atoms with Crippen LogP contribution in [0, 0.1) is 3.57 Å². The summed E-state index contributed by atoms with van der Waals surface area (Å²) < 4.78 is 22.7. The molecule has 14 heavy (non-hydrogen) atoms. The summed E-state index contributed by atoms with van der Waals surface area (Å²) in [7, 11) is 1.40. The fourth-order valence-corrected chi connectivity index (χ4v) is 2.59. The van der Waals surface area contributed by atoms with E-state index >= 15 is 0 Å². The van der Waals surface area contributed by atoms with Crippen molar-refractivity contribution in [1.29, 1.82) is 0 Å². The molecule has 0 aliphatic carbocycles. The van der Waals surface area contributed by atoms with E-state index in [-0.39, 0.29) is 10.7 Å². The number of halogens is 2. The average molecular weight is 345 g/mol. The van der Waals surface area contributed by atoms with Crippen LogP contribution in [0.4, 0.5) is 0 Å². The highest BCUT2D eigenvalue weighted by Crippen LogP contribution is 2.20. The van der Waals surface area contributed by atoms with Gasteiger partial charge in [0.25, 0.3) is 9.05 Å². The lowest BCUT2D eigenvalue weighted by molar-refractivity contribution is 0.101. The van der Waals surface area contributed by atoms with E-state index in [0.29, 0.717) is 9.13 Å². The Morgan fingerprint density at radius 2 is 1.93 bits per heavy atom. The molecule has 0 saturated carbocycles. The van der Waals surface area contributed by atoms with Crippen molar-refractivity contribution in [2.75, 3.05) is 0 Å². The summed E-state index contributed by atoms with van der Waals surface area (Å²) in [4.78, 5) is 11.0. The standard InChI is InChI=1S/C8H6ClIO3S/c1-5(11)6-2-7(10)4-8(3-6)14(9,12)13/h2-4H,1H3. The predicted octanol–water partition coefficient (Wildman–Crippen LogP) is 2.42. The maximum atomic E-state index is 11.0. The maximum absolute atomic E-state index is 11.0. The van der Waals surface area contributed by atoms with Crippen molar-refractivity contribution in [3.8, 4) is 0 Å². The lowest BCUT2D eigenvalue weighted by atomic mass is 10.2. The van der Waals surface area contributed by atoms with Crippen LogP contribution in [-0.4, -0.2) is 14.2 Å². The highest BCUT2D eigenvalue weighted by Gasteiger charge is 2.13. The number of Topliss-reactive ketones (excluding diaryl/α,β-unsaturated/α-hetero) is 1. The Labute approximate surface area is 100 Å². The highest BCUT2D eigenvalue weighted by atomic mass is 127. The molecular formula is C8H6ClIO3S. The molecule has 0 aromatic heterocycles. The summed E-state index contributed by atoms with van der Waals surface area (Å²) >= 11 is 1.93. The molecule has 0 aliphatic heterocycles.